The number of nitrogens with one attached hydrogen (secondary N) is 2. The molecule has 0 saturated carbocycles. The van der Waals surface area contributed by atoms with Gasteiger partial charge >= 0.3 is 0 Å². The highest BCUT2D eigenvalue weighted by molar-refractivity contribution is 7.92. The minimum Gasteiger partial charge on any atom is -0.379 e. The highest BCUT2D eigenvalue weighted by Crippen LogP contribution is 2.20. The average molecular weight is 496 g/mol. The van der Waals surface area contributed by atoms with Gasteiger partial charge in [0.2, 0.25) is 26.0 Å². The Morgan fingerprint density at radius 3 is 2.36 bits per heavy atom. The first kappa shape index (κ1) is 25.2. The Morgan fingerprint density at radius 2 is 1.73 bits per heavy atom. The predicted octanol–water partition coefficient (Wildman–Crippen LogP) is 1.89. The molecule has 1 aliphatic heterocycles. The third kappa shape index (κ3) is 7.26. The first-order chi connectivity index (χ1) is 15.5. The molecule has 0 bridgehead atoms. The number of carbonyl (C=O) groups excluding carboxylic acids is 1. The van der Waals surface area contributed by atoms with Gasteiger partial charge in [0.05, 0.1) is 30.4 Å². The molecular weight excluding hydrogens is 466 g/mol. The Kier molecular flexibility index (Phi) is 8.11. The van der Waals surface area contributed by atoms with Gasteiger partial charge in [0.15, 0.2) is 0 Å². The van der Waals surface area contributed by atoms with Crippen molar-refractivity contribution in [2.45, 2.75) is 30.7 Å². The summed E-state index contributed by atoms with van der Waals surface area (Å²) in [7, 11) is -6.92. The van der Waals surface area contributed by atoms with Gasteiger partial charge in [-0.3, -0.25) is 9.52 Å². The number of aryl methyl sites for hydroxylation is 1. The lowest BCUT2D eigenvalue weighted by atomic mass is 10.1. The second-order valence-electron chi connectivity index (χ2n) is 7.95. The number of hydrogen-bond donors (Lipinski definition) is 2. The van der Waals surface area contributed by atoms with Gasteiger partial charge < -0.3 is 10.1 Å². The third-order valence-corrected chi connectivity index (χ3v) is 7.76. The fraction of sp³-hybridized carbons (Fsp3) is 0.409. The molecule has 0 aliphatic carbocycles. The van der Waals surface area contributed by atoms with Crippen molar-refractivity contribution >= 4 is 31.6 Å². The number of amides is 1. The molecule has 1 atom stereocenters. The number of ether oxygens (including phenoxy) is 1. The van der Waals surface area contributed by atoms with Gasteiger partial charge in [0.25, 0.3) is 0 Å². The molecule has 1 aliphatic rings. The van der Waals surface area contributed by atoms with Crippen LogP contribution in [0.2, 0.25) is 0 Å². The van der Waals surface area contributed by atoms with Crippen molar-refractivity contribution in [3.8, 4) is 0 Å². The zero-order chi connectivity index (χ0) is 24.1. The molecule has 2 aromatic carbocycles. The van der Waals surface area contributed by atoms with E-state index in [1.807, 2.05) is 13.0 Å². The number of benzene rings is 2. The Hall–Kier alpha value is -2.47. The van der Waals surface area contributed by atoms with Crippen molar-refractivity contribution < 1.29 is 26.4 Å². The summed E-state index contributed by atoms with van der Waals surface area (Å²) >= 11 is 0. The maximum Gasteiger partial charge on any atom is 0.243 e. The van der Waals surface area contributed by atoms with Crippen molar-refractivity contribution in [3.63, 3.8) is 0 Å². The SMILES string of the molecule is CC(NC(=O)CCc1ccc(S(=O)(=O)N2CCOCC2)cc1)c1cccc(NS(C)(=O)=O)c1. The van der Waals surface area contributed by atoms with Crippen LogP contribution in [0.1, 0.15) is 30.5 Å². The Morgan fingerprint density at radius 1 is 1.06 bits per heavy atom. The minimum atomic E-state index is -3.54. The number of nitrogens with zero attached hydrogens (tertiary/aromatic N) is 1. The average Bonchev–Trinajstić information content (AvgIpc) is 2.77. The monoisotopic (exact) mass is 495 g/mol. The van der Waals surface area contributed by atoms with Gasteiger partial charge in [-0.05, 0) is 48.7 Å². The summed E-state index contributed by atoms with van der Waals surface area (Å²) in [4.78, 5) is 12.6. The molecule has 0 aromatic heterocycles. The molecular formula is C22H29N3O6S2. The molecule has 3 rings (SSSR count). The first-order valence-corrected chi connectivity index (χ1v) is 13.9. The molecule has 2 aromatic rings. The lowest BCUT2D eigenvalue weighted by molar-refractivity contribution is -0.121. The number of carbonyl (C=O) groups is 1. The normalized spacial score (nSPS) is 16.2. The fourth-order valence-electron chi connectivity index (χ4n) is 3.50. The van der Waals surface area contributed by atoms with Crippen molar-refractivity contribution in [1.29, 1.82) is 0 Å². The van der Waals surface area contributed by atoms with E-state index in [4.69, 9.17) is 4.74 Å². The highest BCUT2D eigenvalue weighted by Gasteiger charge is 2.26. The van der Waals surface area contributed by atoms with Gasteiger partial charge in [-0.15, -0.1) is 0 Å². The van der Waals surface area contributed by atoms with E-state index in [2.05, 4.69) is 10.0 Å². The van der Waals surface area contributed by atoms with E-state index >= 15 is 0 Å². The maximum atomic E-state index is 12.7. The van der Waals surface area contributed by atoms with Gasteiger partial charge in [-0.1, -0.05) is 24.3 Å². The van der Waals surface area contributed by atoms with E-state index in [1.165, 1.54) is 4.31 Å². The minimum absolute atomic E-state index is 0.158. The molecule has 0 radical (unpaired) electrons. The molecule has 1 fully saturated rings. The van der Waals surface area contributed by atoms with Crippen LogP contribution in [-0.4, -0.2) is 59.6 Å². The second kappa shape index (κ2) is 10.6. The van der Waals surface area contributed by atoms with Crippen molar-refractivity contribution in [2.24, 2.45) is 0 Å². The van der Waals surface area contributed by atoms with E-state index in [9.17, 15) is 21.6 Å². The van der Waals surface area contributed by atoms with E-state index in [0.717, 1.165) is 17.4 Å². The van der Waals surface area contributed by atoms with E-state index in [1.54, 1.807) is 42.5 Å². The summed E-state index contributed by atoms with van der Waals surface area (Å²) in [6, 6.07) is 13.1. The van der Waals surface area contributed by atoms with E-state index < -0.39 is 20.0 Å². The van der Waals surface area contributed by atoms with Gasteiger partial charge in [-0.2, -0.15) is 4.31 Å². The van der Waals surface area contributed by atoms with Crippen LogP contribution in [0.4, 0.5) is 5.69 Å². The summed E-state index contributed by atoms with van der Waals surface area (Å²) in [5, 5.41) is 2.90. The lowest BCUT2D eigenvalue weighted by Crippen LogP contribution is -2.40. The summed E-state index contributed by atoms with van der Waals surface area (Å²) in [6.45, 7) is 3.29. The number of rotatable bonds is 9. The fourth-order valence-corrected chi connectivity index (χ4v) is 5.47. The van der Waals surface area contributed by atoms with Crippen molar-refractivity contribution in [1.82, 2.24) is 9.62 Å². The zero-order valence-electron chi connectivity index (χ0n) is 18.7. The molecule has 1 amide bonds. The molecule has 1 heterocycles. The Bertz CT molecular complexity index is 1170. The van der Waals surface area contributed by atoms with Gasteiger partial charge in [0.1, 0.15) is 0 Å². The lowest BCUT2D eigenvalue weighted by Gasteiger charge is -2.26. The van der Waals surface area contributed by atoms with Crippen molar-refractivity contribution in [3.05, 3.63) is 59.7 Å². The third-order valence-electron chi connectivity index (χ3n) is 5.24. The van der Waals surface area contributed by atoms with Crippen LogP contribution in [0.5, 0.6) is 0 Å². The number of morpholine rings is 1. The standard InChI is InChI=1S/C22H29N3O6S2/c1-17(19-4-3-5-20(16-19)24-32(2,27)28)23-22(26)11-8-18-6-9-21(10-7-18)33(29,30)25-12-14-31-15-13-25/h3-7,9-10,16-17,24H,8,11-15H2,1-2H3,(H,23,26). The van der Waals surface area contributed by atoms with E-state index in [0.29, 0.717) is 38.4 Å². The van der Waals surface area contributed by atoms with Gasteiger partial charge in [0, 0.05) is 25.2 Å². The number of hydrogen-bond acceptors (Lipinski definition) is 6. The molecule has 1 saturated heterocycles. The van der Waals surface area contributed by atoms with Crippen LogP contribution in [0, 0.1) is 0 Å². The number of sulfonamides is 2. The second-order valence-corrected chi connectivity index (χ2v) is 11.6. The molecule has 2 N–H and O–H groups in total. The quantitative estimate of drug-likeness (QED) is 0.548. The van der Waals surface area contributed by atoms with Crippen LogP contribution in [0.15, 0.2) is 53.4 Å². The van der Waals surface area contributed by atoms with Crippen LogP contribution >= 0.6 is 0 Å². The summed E-state index contributed by atoms with van der Waals surface area (Å²) in [5.41, 5.74) is 2.07. The highest BCUT2D eigenvalue weighted by atomic mass is 32.2. The molecule has 33 heavy (non-hydrogen) atoms. The zero-order valence-corrected chi connectivity index (χ0v) is 20.3. The largest absolute Gasteiger partial charge is 0.379 e. The maximum absolute atomic E-state index is 12.7. The predicted molar refractivity (Wildman–Crippen MR) is 126 cm³/mol. The number of anilines is 1. The van der Waals surface area contributed by atoms with Crippen LogP contribution in [0.25, 0.3) is 0 Å². The summed E-state index contributed by atoms with van der Waals surface area (Å²) in [5.74, 6) is -0.158. The summed E-state index contributed by atoms with van der Waals surface area (Å²) < 4.78 is 57.3. The van der Waals surface area contributed by atoms with Crippen molar-refractivity contribution in [2.75, 3.05) is 37.3 Å². The Labute approximate surface area is 195 Å². The molecule has 11 heteroatoms. The van der Waals surface area contributed by atoms with Crippen LogP contribution in [0.3, 0.4) is 0 Å². The van der Waals surface area contributed by atoms with Crippen LogP contribution in [-0.2, 0) is 36.0 Å². The van der Waals surface area contributed by atoms with Crippen LogP contribution < -0.4 is 10.0 Å². The topological polar surface area (TPSA) is 122 Å². The smallest absolute Gasteiger partial charge is 0.243 e. The Balaban J connectivity index is 1.54. The summed E-state index contributed by atoms with van der Waals surface area (Å²) in [6.07, 6.45) is 1.78. The van der Waals surface area contributed by atoms with Gasteiger partial charge in [-0.25, -0.2) is 16.8 Å². The van der Waals surface area contributed by atoms with E-state index in [-0.39, 0.29) is 23.3 Å². The molecule has 0 spiro atoms. The molecule has 1 unspecified atom stereocenters. The molecule has 9 nitrogen and oxygen atoms in total. The first-order valence-electron chi connectivity index (χ1n) is 10.6. The molecule has 180 valence electrons.